The van der Waals surface area contributed by atoms with E-state index in [-0.39, 0.29) is 33.7 Å². The zero-order valence-corrected chi connectivity index (χ0v) is 18.1. The number of aliphatic hydroxyl groups excluding tert-OH is 1. The van der Waals surface area contributed by atoms with Crippen LogP contribution in [0.2, 0.25) is 0 Å². The van der Waals surface area contributed by atoms with E-state index in [0.717, 1.165) is 49.0 Å². The summed E-state index contributed by atoms with van der Waals surface area (Å²) in [5.74, 6) is 1.89. The molecule has 3 aliphatic carbocycles. The summed E-state index contributed by atoms with van der Waals surface area (Å²) in [6, 6.07) is 0. The van der Waals surface area contributed by atoms with Crippen molar-refractivity contribution in [2.75, 3.05) is 0 Å². The molecule has 1 spiro atoms. The van der Waals surface area contributed by atoms with Gasteiger partial charge in [0.25, 0.3) is 0 Å². The Morgan fingerprint density at radius 3 is 2.44 bits per heavy atom. The Morgan fingerprint density at radius 1 is 1.11 bits per heavy atom. The molecule has 1 heterocycles. The van der Waals surface area contributed by atoms with Gasteiger partial charge in [0.05, 0.1) is 11.5 Å². The molecule has 3 fully saturated rings. The molecular formula is C24H36O3. The van der Waals surface area contributed by atoms with Crippen molar-refractivity contribution in [1.29, 1.82) is 0 Å². The smallest absolute Gasteiger partial charge is 0.184 e. The fraction of sp³-hybridized carbons (Fsp3) is 0.792. The molecule has 1 unspecified atom stereocenters. The maximum Gasteiger partial charge on any atom is 0.184 e. The Hall–Kier alpha value is -1.09. The van der Waals surface area contributed by atoms with Gasteiger partial charge in [-0.15, -0.1) is 0 Å². The van der Waals surface area contributed by atoms with E-state index >= 15 is 0 Å². The molecule has 0 aromatic carbocycles. The van der Waals surface area contributed by atoms with Gasteiger partial charge in [-0.1, -0.05) is 33.3 Å². The largest absolute Gasteiger partial charge is 0.489 e. The van der Waals surface area contributed by atoms with E-state index in [1.165, 1.54) is 0 Å². The fourth-order valence-corrected chi connectivity index (χ4v) is 7.36. The molecule has 0 radical (unpaired) electrons. The highest BCUT2D eigenvalue weighted by atomic mass is 16.5. The highest BCUT2D eigenvalue weighted by molar-refractivity contribution is 6.06. The lowest BCUT2D eigenvalue weighted by Crippen LogP contribution is -2.64. The van der Waals surface area contributed by atoms with Gasteiger partial charge in [-0.05, 0) is 69.8 Å². The van der Waals surface area contributed by atoms with E-state index in [1.807, 2.05) is 13.0 Å². The molecule has 3 heteroatoms. The number of carbonyl (C=O) groups excluding carboxylic acids is 1. The van der Waals surface area contributed by atoms with Crippen LogP contribution in [0.5, 0.6) is 0 Å². The first-order valence-electron chi connectivity index (χ1n) is 10.7. The molecule has 150 valence electrons. The monoisotopic (exact) mass is 372 g/mol. The summed E-state index contributed by atoms with van der Waals surface area (Å²) in [7, 11) is 0. The van der Waals surface area contributed by atoms with Gasteiger partial charge in [-0.3, -0.25) is 4.79 Å². The molecule has 0 aromatic heterocycles. The Kier molecular flexibility index (Phi) is 3.91. The average Bonchev–Trinajstić information content (AvgIpc) is 2.92. The number of carbonyl (C=O) groups is 1. The molecule has 4 rings (SSSR count). The second kappa shape index (κ2) is 5.49. The van der Waals surface area contributed by atoms with Gasteiger partial charge < -0.3 is 9.84 Å². The van der Waals surface area contributed by atoms with Crippen molar-refractivity contribution in [1.82, 2.24) is 0 Å². The first-order valence-corrected chi connectivity index (χ1v) is 10.7. The zero-order chi connectivity index (χ0) is 20.0. The molecule has 0 amide bonds. The number of hydrogen-bond acceptors (Lipinski definition) is 3. The lowest BCUT2D eigenvalue weighted by atomic mass is 9.43. The fourth-order valence-electron chi connectivity index (χ4n) is 7.36. The number of rotatable bonds is 0. The lowest BCUT2D eigenvalue weighted by molar-refractivity contribution is -0.225. The van der Waals surface area contributed by atoms with Crippen LogP contribution in [0.25, 0.3) is 0 Å². The quantitative estimate of drug-likeness (QED) is 0.637. The normalized spacial score (nSPS) is 48.8. The maximum atomic E-state index is 12.5. The van der Waals surface area contributed by atoms with Crippen molar-refractivity contribution in [2.45, 2.75) is 92.3 Å². The van der Waals surface area contributed by atoms with E-state index in [0.29, 0.717) is 11.8 Å². The van der Waals surface area contributed by atoms with Crippen LogP contribution in [0, 0.1) is 28.1 Å². The molecule has 0 aromatic rings. The van der Waals surface area contributed by atoms with Crippen molar-refractivity contribution < 1.29 is 14.6 Å². The Morgan fingerprint density at radius 2 is 1.78 bits per heavy atom. The van der Waals surface area contributed by atoms with Gasteiger partial charge >= 0.3 is 0 Å². The topological polar surface area (TPSA) is 46.5 Å². The van der Waals surface area contributed by atoms with Gasteiger partial charge in [-0.2, -0.15) is 0 Å². The summed E-state index contributed by atoms with van der Waals surface area (Å²) in [5.41, 5.74) is 1.37. The molecule has 1 N–H and O–H groups in total. The zero-order valence-electron chi connectivity index (χ0n) is 18.1. The first-order chi connectivity index (χ1) is 12.4. The second-order valence-corrected chi connectivity index (χ2v) is 11.0. The SMILES string of the molecule is CC1=CC(=O)C(C)=C2O[C@@]3(CC12C)[C@@H](C)CC[C@H]1C(C)(C)[C@@H](O)CC[C@@]13C. The number of hydrogen-bond donors (Lipinski definition) is 1. The second-order valence-electron chi connectivity index (χ2n) is 11.0. The van der Waals surface area contributed by atoms with Crippen molar-refractivity contribution >= 4 is 5.78 Å². The number of aliphatic hydroxyl groups is 1. The molecule has 3 nitrogen and oxygen atoms in total. The van der Waals surface area contributed by atoms with E-state index in [2.05, 4.69) is 41.5 Å². The van der Waals surface area contributed by atoms with Crippen LogP contribution in [0.3, 0.4) is 0 Å². The predicted molar refractivity (Wildman–Crippen MR) is 107 cm³/mol. The molecular weight excluding hydrogens is 336 g/mol. The van der Waals surface area contributed by atoms with E-state index in [4.69, 9.17) is 4.74 Å². The number of allylic oxidation sites excluding steroid dienone is 3. The minimum atomic E-state index is -0.265. The van der Waals surface area contributed by atoms with Crippen LogP contribution in [-0.4, -0.2) is 22.6 Å². The third-order valence-electron chi connectivity index (χ3n) is 9.44. The molecule has 27 heavy (non-hydrogen) atoms. The molecule has 1 aliphatic heterocycles. The Labute approximate surface area is 164 Å². The third kappa shape index (κ3) is 2.15. The molecule has 0 bridgehead atoms. The summed E-state index contributed by atoms with van der Waals surface area (Å²) in [6.07, 6.45) is 6.62. The highest BCUT2D eigenvalue weighted by Crippen LogP contribution is 2.70. The molecule has 4 aliphatic rings. The summed E-state index contributed by atoms with van der Waals surface area (Å²) in [4.78, 5) is 12.5. The average molecular weight is 373 g/mol. The van der Waals surface area contributed by atoms with Gasteiger partial charge in [0.2, 0.25) is 0 Å². The van der Waals surface area contributed by atoms with E-state index < -0.39 is 0 Å². The third-order valence-corrected chi connectivity index (χ3v) is 9.44. The van der Waals surface area contributed by atoms with Crippen molar-refractivity contribution in [3.8, 4) is 0 Å². The van der Waals surface area contributed by atoms with Gasteiger partial charge in [0.1, 0.15) is 11.4 Å². The Balaban J connectivity index is 1.88. The van der Waals surface area contributed by atoms with Crippen LogP contribution >= 0.6 is 0 Å². The standard InChI is InChI=1S/C24H36O3/c1-14-8-9-18-21(4,5)19(26)10-11-23(18,7)24(14)13-22(6)15(2)12-17(25)16(3)20(22)27-24/h12,14,18-19,26H,8-11,13H2,1-7H3/t14-,18-,19-,22?,23-,24-/m0/s1. The number of fused-ring (bicyclic) bond motifs is 3. The minimum Gasteiger partial charge on any atom is -0.489 e. The van der Waals surface area contributed by atoms with Crippen LogP contribution in [-0.2, 0) is 9.53 Å². The molecule has 1 saturated heterocycles. The number of ether oxygens (including phenoxy) is 1. The van der Waals surface area contributed by atoms with Gasteiger partial charge in [0.15, 0.2) is 5.78 Å². The molecule has 6 atom stereocenters. The van der Waals surface area contributed by atoms with Crippen molar-refractivity contribution in [2.24, 2.45) is 28.1 Å². The summed E-state index contributed by atoms with van der Waals surface area (Å²) >= 11 is 0. The summed E-state index contributed by atoms with van der Waals surface area (Å²) in [6.45, 7) is 15.5. The van der Waals surface area contributed by atoms with E-state index in [1.54, 1.807) is 0 Å². The van der Waals surface area contributed by atoms with Gasteiger partial charge in [-0.25, -0.2) is 0 Å². The van der Waals surface area contributed by atoms with Crippen molar-refractivity contribution in [3.63, 3.8) is 0 Å². The lowest BCUT2D eigenvalue weighted by Gasteiger charge is -2.64. The van der Waals surface area contributed by atoms with E-state index in [9.17, 15) is 9.90 Å². The van der Waals surface area contributed by atoms with Crippen LogP contribution < -0.4 is 0 Å². The molecule has 2 saturated carbocycles. The Bertz CT molecular complexity index is 760. The summed E-state index contributed by atoms with van der Waals surface area (Å²) < 4.78 is 7.00. The number of ketones is 1. The predicted octanol–water partition coefficient (Wildman–Crippen LogP) is 5.19. The van der Waals surface area contributed by atoms with Crippen LogP contribution in [0.15, 0.2) is 23.0 Å². The van der Waals surface area contributed by atoms with Crippen LogP contribution in [0.1, 0.15) is 80.6 Å². The minimum absolute atomic E-state index is 0.00432. The van der Waals surface area contributed by atoms with Gasteiger partial charge in [0, 0.05) is 17.4 Å². The highest BCUT2D eigenvalue weighted by Gasteiger charge is 2.70. The summed E-state index contributed by atoms with van der Waals surface area (Å²) in [5, 5.41) is 10.8. The van der Waals surface area contributed by atoms with Crippen molar-refractivity contribution in [3.05, 3.63) is 23.0 Å². The van der Waals surface area contributed by atoms with Crippen LogP contribution in [0.4, 0.5) is 0 Å². The first kappa shape index (κ1) is 19.2. The maximum absolute atomic E-state index is 12.5.